The van der Waals surface area contributed by atoms with Crippen molar-refractivity contribution < 1.29 is 19.1 Å². The fourth-order valence-corrected chi connectivity index (χ4v) is 2.92. The molecule has 102 valence electrons. The second-order valence-corrected chi connectivity index (χ2v) is 5.52. The molecule has 0 radical (unpaired) electrons. The number of carbonyl (C=O) groups excluding carboxylic acids is 2. The molecule has 0 amide bonds. The van der Waals surface area contributed by atoms with Crippen molar-refractivity contribution in [1.29, 1.82) is 0 Å². The number of carbonyl (C=O) groups is 2. The molecule has 19 heavy (non-hydrogen) atoms. The Morgan fingerprint density at radius 2 is 2.26 bits per heavy atom. The average Bonchev–Trinajstić information content (AvgIpc) is 2.72. The second-order valence-electron chi connectivity index (χ2n) is 4.67. The molecule has 1 aromatic carbocycles. The molecule has 1 saturated heterocycles. The number of halogens is 1. The Morgan fingerprint density at radius 3 is 2.74 bits per heavy atom. The van der Waals surface area contributed by atoms with Crippen LogP contribution in [0.2, 0.25) is 0 Å². The zero-order valence-electron chi connectivity index (χ0n) is 10.9. The Balaban J connectivity index is 2.30. The largest absolute Gasteiger partial charge is 0.496 e. The lowest BCUT2D eigenvalue weighted by molar-refractivity contribution is -0.150. The van der Waals surface area contributed by atoms with E-state index in [-0.39, 0.29) is 5.78 Å². The van der Waals surface area contributed by atoms with Crippen LogP contribution in [0.5, 0.6) is 5.75 Å². The molecule has 5 heteroatoms. The normalized spacial score (nSPS) is 22.2. The Morgan fingerprint density at radius 1 is 1.53 bits per heavy atom. The van der Waals surface area contributed by atoms with Crippen molar-refractivity contribution in [2.45, 2.75) is 19.8 Å². The maximum absolute atomic E-state index is 11.9. The summed E-state index contributed by atoms with van der Waals surface area (Å²) in [6.45, 7) is 1.76. The molecule has 1 unspecified atom stereocenters. The van der Waals surface area contributed by atoms with Crippen molar-refractivity contribution in [2.75, 3.05) is 13.7 Å². The predicted octanol–water partition coefficient (Wildman–Crippen LogP) is 2.52. The van der Waals surface area contributed by atoms with Crippen LogP contribution in [0.1, 0.15) is 18.9 Å². The highest BCUT2D eigenvalue weighted by molar-refractivity contribution is 9.10. The number of cyclic esters (lactones) is 1. The van der Waals surface area contributed by atoms with Crippen LogP contribution in [0.25, 0.3) is 0 Å². The summed E-state index contributed by atoms with van der Waals surface area (Å²) in [5.41, 5.74) is -0.115. The quantitative estimate of drug-likeness (QED) is 0.630. The van der Waals surface area contributed by atoms with Crippen molar-refractivity contribution in [3.05, 3.63) is 28.2 Å². The lowest BCUT2D eigenvalue weighted by atomic mass is 9.77. The van der Waals surface area contributed by atoms with Crippen molar-refractivity contribution in [2.24, 2.45) is 5.41 Å². The number of esters is 1. The molecule has 1 aliphatic rings. The van der Waals surface area contributed by atoms with Crippen LogP contribution in [0.3, 0.4) is 0 Å². The van der Waals surface area contributed by atoms with Gasteiger partial charge in [-0.05, 0) is 47.0 Å². The molecule has 1 fully saturated rings. The SMILES string of the molecule is COc1ccc(CC2(C(C)=O)CCOC2=O)cc1Br. The highest BCUT2D eigenvalue weighted by atomic mass is 79.9. The van der Waals surface area contributed by atoms with E-state index < -0.39 is 11.4 Å². The lowest BCUT2D eigenvalue weighted by Crippen LogP contribution is -2.36. The van der Waals surface area contributed by atoms with Crippen molar-refractivity contribution in [1.82, 2.24) is 0 Å². The molecule has 0 N–H and O–H groups in total. The van der Waals surface area contributed by atoms with E-state index in [2.05, 4.69) is 15.9 Å². The van der Waals surface area contributed by atoms with Gasteiger partial charge in [-0.2, -0.15) is 0 Å². The van der Waals surface area contributed by atoms with E-state index in [4.69, 9.17) is 9.47 Å². The first-order chi connectivity index (χ1) is 8.99. The molecule has 0 aromatic heterocycles. The van der Waals surface area contributed by atoms with Gasteiger partial charge in [0.05, 0.1) is 18.2 Å². The van der Waals surface area contributed by atoms with Crippen molar-refractivity contribution >= 4 is 27.7 Å². The van der Waals surface area contributed by atoms with E-state index in [1.165, 1.54) is 6.92 Å². The average molecular weight is 327 g/mol. The summed E-state index contributed by atoms with van der Waals surface area (Å²) in [6.07, 6.45) is 0.814. The van der Waals surface area contributed by atoms with Gasteiger partial charge in [-0.25, -0.2) is 0 Å². The number of benzene rings is 1. The fraction of sp³-hybridized carbons (Fsp3) is 0.429. The molecule has 4 nitrogen and oxygen atoms in total. The molecular formula is C14H15BrO4. The van der Waals surface area contributed by atoms with Crippen LogP contribution in [0.4, 0.5) is 0 Å². The number of rotatable bonds is 4. The molecule has 1 atom stereocenters. The molecule has 0 saturated carbocycles. The third kappa shape index (κ3) is 2.52. The maximum Gasteiger partial charge on any atom is 0.320 e. The van der Waals surface area contributed by atoms with Crippen LogP contribution in [-0.4, -0.2) is 25.5 Å². The zero-order valence-corrected chi connectivity index (χ0v) is 12.5. The summed E-state index contributed by atoms with van der Waals surface area (Å²) in [5.74, 6) is 0.170. The summed E-state index contributed by atoms with van der Waals surface area (Å²) in [4.78, 5) is 23.7. The van der Waals surface area contributed by atoms with E-state index >= 15 is 0 Å². The van der Waals surface area contributed by atoms with Crippen LogP contribution < -0.4 is 4.74 Å². The van der Waals surface area contributed by atoms with Gasteiger partial charge >= 0.3 is 5.97 Å². The summed E-state index contributed by atoms with van der Waals surface area (Å²) in [7, 11) is 1.59. The Kier molecular flexibility index (Phi) is 3.94. The zero-order chi connectivity index (χ0) is 14.0. The first kappa shape index (κ1) is 14.1. The molecule has 0 spiro atoms. The first-order valence-electron chi connectivity index (χ1n) is 6.00. The molecule has 2 rings (SSSR count). The molecule has 1 aromatic rings. The minimum atomic E-state index is -1.02. The Labute approximate surface area is 120 Å². The minimum absolute atomic E-state index is 0.137. The molecule has 0 bridgehead atoms. The van der Waals surface area contributed by atoms with E-state index in [0.717, 1.165) is 15.8 Å². The number of Topliss-reactive ketones (excluding diaryl/α,β-unsaturated/α-hetero) is 1. The maximum atomic E-state index is 11.9. The topological polar surface area (TPSA) is 52.6 Å². The minimum Gasteiger partial charge on any atom is -0.496 e. The first-order valence-corrected chi connectivity index (χ1v) is 6.79. The number of hydrogen-bond donors (Lipinski definition) is 0. The van der Waals surface area contributed by atoms with Gasteiger partial charge in [-0.15, -0.1) is 0 Å². The van der Waals surface area contributed by atoms with Gasteiger partial charge in [0.2, 0.25) is 0 Å². The third-order valence-electron chi connectivity index (χ3n) is 3.55. The smallest absolute Gasteiger partial charge is 0.320 e. The number of ketones is 1. The van der Waals surface area contributed by atoms with Crippen molar-refractivity contribution in [3.63, 3.8) is 0 Å². The number of hydrogen-bond acceptors (Lipinski definition) is 4. The van der Waals surface area contributed by atoms with Gasteiger partial charge in [-0.3, -0.25) is 9.59 Å². The standard InChI is InChI=1S/C14H15BrO4/c1-9(16)14(5-6-19-13(14)17)8-10-3-4-12(18-2)11(15)7-10/h3-4,7H,5-6,8H2,1-2H3. The van der Waals surface area contributed by atoms with E-state index in [1.807, 2.05) is 18.2 Å². The highest BCUT2D eigenvalue weighted by Crippen LogP contribution is 2.36. The van der Waals surface area contributed by atoms with Gasteiger partial charge in [0.15, 0.2) is 0 Å². The highest BCUT2D eigenvalue weighted by Gasteiger charge is 2.48. The Bertz CT molecular complexity index is 526. The summed E-state index contributed by atoms with van der Waals surface area (Å²) < 4.78 is 10.9. The van der Waals surface area contributed by atoms with Gasteiger partial charge < -0.3 is 9.47 Å². The van der Waals surface area contributed by atoms with Crippen molar-refractivity contribution in [3.8, 4) is 5.75 Å². The molecule has 1 heterocycles. The van der Waals surface area contributed by atoms with Gasteiger partial charge in [-0.1, -0.05) is 6.07 Å². The summed E-state index contributed by atoms with van der Waals surface area (Å²) >= 11 is 3.40. The molecule has 0 aliphatic carbocycles. The molecular weight excluding hydrogens is 312 g/mol. The third-order valence-corrected chi connectivity index (χ3v) is 4.17. The molecule has 1 aliphatic heterocycles. The van der Waals surface area contributed by atoms with Gasteiger partial charge in [0.1, 0.15) is 16.9 Å². The van der Waals surface area contributed by atoms with Crippen LogP contribution in [0, 0.1) is 5.41 Å². The van der Waals surface area contributed by atoms with E-state index in [9.17, 15) is 9.59 Å². The summed E-state index contributed by atoms with van der Waals surface area (Å²) in [6, 6.07) is 5.54. The van der Waals surface area contributed by atoms with Crippen LogP contribution in [-0.2, 0) is 20.7 Å². The second kappa shape index (κ2) is 5.33. The van der Waals surface area contributed by atoms with Crippen LogP contribution in [0.15, 0.2) is 22.7 Å². The fourth-order valence-electron chi connectivity index (χ4n) is 2.33. The monoisotopic (exact) mass is 326 g/mol. The lowest BCUT2D eigenvalue weighted by Gasteiger charge is -2.21. The summed E-state index contributed by atoms with van der Waals surface area (Å²) in [5, 5.41) is 0. The van der Waals surface area contributed by atoms with Gasteiger partial charge in [0, 0.05) is 6.42 Å². The van der Waals surface area contributed by atoms with Gasteiger partial charge in [0.25, 0.3) is 0 Å². The number of ether oxygens (including phenoxy) is 2. The predicted molar refractivity (Wildman–Crippen MR) is 73.1 cm³/mol. The number of methoxy groups -OCH3 is 1. The Hall–Kier alpha value is -1.36. The van der Waals surface area contributed by atoms with E-state index in [1.54, 1.807) is 7.11 Å². The van der Waals surface area contributed by atoms with Crippen LogP contribution >= 0.6 is 15.9 Å². The van der Waals surface area contributed by atoms with E-state index in [0.29, 0.717) is 19.4 Å².